The van der Waals surface area contributed by atoms with Crippen LogP contribution in [0.25, 0.3) is 0 Å². The summed E-state index contributed by atoms with van der Waals surface area (Å²) in [7, 11) is 1.52. The highest BCUT2D eigenvalue weighted by Gasteiger charge is 2.15. The number of hydrogen-bond donors (Lipinski definition) is 0. The third kappa shape index (κ3) is 2.94. The minimum atomic E-state index is -0.121. The molecule has 0 saturated carbocycles. The Morgan fingerprint density at radius 3 is 2.60 bits per heavy atom. The van der Waals surface area contributed by atoms with Crippen LogP contribution in [-0.2, 0) is 0 Å². The summed E-state index contributed by atoms with van der Waals surface area (Å²) in [6.45, 7) is 2.39. The van der Waals surface area contributed by atoms with E-state index in [0.29, 0.717) is 34.3 Å². The standard InChI is InChI=1S/C16H15ClO3/c1-3-20-14-7-5-4-6-12(14)16(18)11-8-9-13(17)15(10-11)19-2/h4-10H,3H2,1-2H3. The summed E-state index contributed by atoms with van der Waals surface area (Å²) in [5, 5.41) is 0.474. The van der Waals surface area contributed by atoms with Gasteiger partial charge in [-0.05, 0) is 37.3 Å². The largest absolute Gasteiger partial charge is 0.495 e. The molecule has 2 aromatic carbocycles. The van der Waals surface area contributed by atoms with Gasteiger partial charge < -0.3 is 9.47 Å². The molecule has 0 aliphatic heterocycles. The molecule has 0 unspecified atom stereocenters. The van der Waals surface area contributed by atoms with Gasteiger partial charge in [0.1, 0.15) is 11.5 Å². The van der Waals surface area contributed by atoms with Crippen LogP contribution >= 0.6 is 11.6 Å². The lowest BCUT2D eigenvalue weighted by molar-refractivity contribution is 0.103. The van der Waals surface area contributed by atoms with Crippen LogP contribution in [-0.4, -0.2) is 19.5 Å². The zero-order valence-corrected chi connectivity index (χ0v) is 12.1. The molecule has 0 fully saturated rings. The van der Waals surface area contributed by atoms with Crippen LogP contribution in [0.1, 0.15) is 22.8 Å². The van der Waals surface area contributed by atoms with Gasteiger partial charge in [-0.15, -0.1) is 0 Å². The summed E-state index contributed by atoms with van der Waals surface area (Å²) in [6.07, 6.45) is 0. The van der Waals surface area contributed by atoms with Crippen LogP contribution < -0.4 is 9.47 Å². The fourth-order valence-electron chi connectivity index (χ4n) is 1.89. The number of benzene rings is 2. The van der Waals surface area contributed by atoms with E-state index in [-0.39, 0.29) is 5.78 Å². The predicted octanol–water partition coefficient (Wildman–Crippen LogP) is 3.98. The molecule has 0 heterocycles. The second kappa shape index (κ2) is 6.44. The molecular weight excluding hydrogens is 276 g/mol. The third-order valence-corrected chi connectivity index (χ3v) is 3.16. The minimum Gasteiger partial charge on any atom is -0.495 e. The molecule has 0 atom stereocenters. The number of halogens is 1. The molecule has 0 aromatic heterocycles. The van der Waals surface area contributed by atoms with E-state index in [0.717, 1.165) is 0 Å². The van der Waals surface area contributed by atoms with Gasteiger partial charge in [-0.2, -0.15) is 0 Å². The Kier molecular flexibility index (Phi) is 4.64. The van der Waals surface area contributed by atoms with Gasteiger partial charge in [0.05, 0.1) is 24.3 Å². The van der Waals surface area contributed by atoms with Crippen molar-refractivity contribution in [3.63, 3.8) is 0 Å². The molecule has 0 aliphatic rings. The molecule has 0 aliphatic carbocycles. The summed E-state index contributed by atoms with van der Waals surface area (Å²) in [4.78, 5) is 12.5. The van der Waals surface area contributed by atoms with Crippen molar-refractivity contribution in [2.24, 2.45) is 0 Å². The third-order valence-electron chi connectivity index (χ3n) is 2.84. The van der Waals surface area contributed by atoms with Crippen molar-refractivity contribution in [3.8, 4) is 11.5 Å². The molecule has 2 aromatic rings. The maximum atomic E-state index is 12.5. The van der Waals surface area contributed by atoms with E-state index in [1.807, 2.05) is 19.1 Å². The number of ketones is 1. The Labute approximate surface area is 123 Å². The second-order valence-electron chi connectivity index (χ2n) is 4.11. The van der Waals surface area contributed by atoms with Gasteiger partial charge in [-0.1, -0.05) is 23.7 Å². The Morgan fingerprint density at radius 2 is 1.90 bits per heavy atom. The summed E-state index contributed by atoms with van der Waals surface area (Å²) in [5.41, 5.74) is 1.04. The van der Waals surface area contributed by atoms with Crippen molar-refractivity contribution >= 4 is 17.4 Å². The fourth-order valence-corrected chi connectivity index (χ4v) is 2.09. The van der Waals surface area contributed by atoms with Crippen molar-refractivity contribution in [1.29, 1.82) is 0 Å². The second-order valence-corrected chi connectivity index (χ2v) is 4.51. The number of methoxy groups -OCH3 is 1. The van der Waals surface area contributed by atoms with E-state index in [1.165, 1.54) is 7.11 Å². The monoisotopic (exact) mass is 290 g/mol. The fraction of sp³-hybridized carbons (Fsp3) is 0.188. The summed E-state index contributed by atoms with van der Waals surface area (Å²) < 4.78 is 10.6. The number of rotatable bonds is 5. The Hall–Kier alpha value is -2.00. The van der Waals surface area contributed by atoms with Gasteiger partial charge in [-0.3, -0.25) is 4.79 Å². The summed E-state index contributed by atoms with van der Waals surface area (Å²) >= 11 is 5.97. The Bertz CT molecular complexity index is 623. The van der Waals surface area contributed by atoms with Gasteiger partial charge in [0, 0.05) is 5.56 Å². The first-order chi connectivity index (χ1) is 9.67. The molecule has 0 N–H and O–H groups in total. The molecule has 3 nitrogen and oxygen atoms in total. The van der Waals surface area contributed by atoms with Crippen LogP contribution in [0.3, 0.4) is 0 Å². The summed E-state index contributed by atoms with van der Waals surface area (Å²) in [5.74, 6) is 0.935. The maximum Gasteiger partial charge on any atom is 0.196 e. The highest BCUT2D eigenvalue weighted by atomic mass is 35.5. The van der Waals surface area contributed by atoms with Crippen molar-refractivity contribution in [3.05, 3.63) is 58.6 Å². The minimum absolute atomic E-state index is 0.121. The Morgan fingerprint density at radius 1 is 1.15 bits per heavy atom. The van der Waals surface area contributed by atoms with E-state index >= 15 is 0 Å². The first-order valence-corrected chi connectivity index (χ1v) is 6.65. The molecular formula is C16H15ClO3. The van der Waals surface area contributed by atoms with E-state index in [2.05, 4.69) is 0 Å². The maximum absolute atomic E-state index is 12.5. The molecule has 104 valence electrons. The van der Waals surface area contributed by atoms with Gasteiger partial charge in [0.25, 0.3) is 0 Å². The summed E-state index contributed by atoms with van der Waals surface area (Å²) in [6, 6.07) is 12.1. The average molecular weight is 291 g/mol. The van der Waals surface area contributed by atoms with E-state index in [4.69, 9.17) is 21.1 Å². The quantitative estimate of drug-likeness (QED) is 0.781. The number of ether oxygens (including phenoxy) is 2. The van der Waals surface area contributed by atoms with Crippen LogP contribution in [0.15, 0.2) is 42.5 Å². The van der Waals surface area contributed by atoms with Gasteiger partial charge in [0.15, 0.2) is 5.78 Å². The SMILES string of the molecule is CCOc1ccccc1C(=O)c1ccc(Cl)c(OC)c1. The van der Waals surface area contributed by atoms with Crippen molar-refractivity contribution in [1.82, 2.24) is 0 Å². The van der Waals surface area contributed by atoms with Crippen molar-refractivity contribution < 1.29 is 14.3 Å². The van der Waals surface area contributed by atoms with E-state index in [1.54, 1.807) is 30.3 Å². The van der Waals surface area contributed by atoms with Gasteiger partial charge in [0.2, 0.25) is 0 Å². The highest BCUT2D eigenvalue weighted by molar-refractivity contribution is 6.32. The number of carbonyl (C=O) groups is 1. The van der Waals surface area contributed by atoms with Crippen LogP contribution in [0.2, 0.25) is 5.02 Å². The number of para-hydroxylation sites is 1. The highest BCUT2D eigenvalue weighted by Crippen LogP contribution is 2.28. The lowest BCUT2D eigenvalue weighted by Crippen LogP contribution is -2.05. The zero-order chi connectivity index (χ0) is 14.5. The average Bonchev–Trinajstić information content (AvgIpc) is 2.48. The van der Waals surface area contributed by atoms with Crippen LogP contribution in [0.5, 0.6) is 11.5 Å². The molecule has 0 amide bonds. The first-order valence-electron chi connectivity index (χ1n) is 6.27. The topological polar surface area (TPSA) is 35.5 Å². The van der Waals surface area contributed by atoms with E-state index in [9.17, 15) is 4.79 Å². The Balaban J connectivity index is 2.41. The molecule has 0 radical (unpaired) electrons. The molecule has 0 bridgehead atoms. The van der Waals surface area contributed by atoms with E-state index < -0.39 is 0 Å². The smallest absolute Gasteiger partial charge is 0.196 e. The molecule has 2 rings (SSSR count). The first kappa shape index (κ1) is 14.4. The molecule has 0 spiro atoms. The van der Waals surface area contributed by atoms with Crippen LogP contribution in [0, 0.1) is 0 Å². The molecule has 20 heavy (non-hydrogen) atoms. The van der Waals surface area contributed by atoms with Gasteiger partial charge in [-0.25, -0.2) is 0 Å². The molecule has 4 heteroatoms. The predicted molar refractivity (Wildman–Crippen MR) is 79.0 cm³/mol. The number of carbonyl (C=O) groups excluding carboxylic acids is 1. The van der Waals surface area contributed by atoms with Crippen LogP contribution in [0.4, 0.5) is 0 Å². The molecule has 0 saturated heterocycles. The van der Waals surface area contributed by atoms with Crippen molar-refractivity contribution in [2.75, 3.05) is 13.7 Å². The van der Waals surface area contributed by atoms with Crippen molar-refractivity contribution in [2.45, 2.75) is 6.92 Å². The lowest BCUT2D eigenvalue weighted by atomic mass is 10.0. The normalized spacial score (nSPS) is 10.2. The van der Waals surface area contributed by atoms with Gasteiger partial charge >= 0.3 is 0 Å². The zero-order valence-electron chi connectivity index (χ0n) is 11.4. The lowest BCUT2D eigenvalue weighted by Gasteiger charge is -2.10. The number of hydrogen-bond acceptors (Lipinski definition) is 3.